The molecule has 0 bridgehead atoms. The summed E-state index contributed by atoms with van der Waals surface area (Å²) >= 11 is 0.709. The van der Waals surface area contributed by atoms with Crippen LogP contribution in [0.3, 0.4) is 0 Å². The van der Waals surface area contributed by atoms with Crippen molar-refractivity contribution in [1.29, 1.82) is 0 Å². The Morgan fingerprint density at radius 2 is 1.41 bits per heavy atom. The average Bonchev–Trinajstić information content (AvgIpc) is 2.67. The maximum atomic E-state index is 14.2. The molecule has 158 valence electrons. The van der Waals surface area contributed by atoms with Gasteiger partial charge in [0.2, 0.25) is 0 Å². The van der Waals surface area contributed by atoms with Crippen LogP contribution in [0.2, 0.25) is 0 Å². The van der Waals surface area contributed by atoms with Gasteiger partial charge in [-0.1, -0.05) is 53.7 Å². The molecule has 0 fully saturated rings. The molecule has 0 aliphatic rings. The van der Waals surface area contributed by atoms with Crippen LogP contribution in [0.1, 0.15) is 5.56 Å². The van der Waals surface area contributed by atoms with Crippen molar-refractivity contribution in [2.24, 2.45) is 11.1 Å². The first-order valence-corrected chi connectivity index (χ1v) is 9.24. The second-order valence-corrected chi connectivity index (χ2v) is 7.03. The maximum Gasteiger partial charge on any atom is 0.459 e. The van der Waals surface area contributed by atoms with Gasteiger partial charge >= 0.3 is 18.0 Å². The molecular weight excluding hydrogens is 423 g/mol. The molecule has 0 N–H and O–H groups in total. The van der Waals surface area contributed by atoms with E-state index in [0.29, 0.717) is 28.4 Å². The van der Waals surface area contributed by atoms with Crippen LogP contribution in [0.4, 0.5) is 30.7 Å². The normalized spacial score (nSPS) is 14.2. The molecule has 0 amide bonds. The smallest absolute Gasteiger partial charge is 0.391 e. The van der Waals surface area contributed by atoms with Gasteiger partial charge in [0.1, 0.15) is 6.61 Å². The van der Waals surface area contributed by atoms with Gasteiger partial charge in [-0.05, 0) is 17.7 Å². The quantitative estimate of drug-likeness (QED) is 0.194. The molecule has 10 heteroatoms. The molecule has 1 atom stereocenters. The molecule has 1 unspecified atom stereocenters. The Labute approximate surface area is 166 Å². The number of rotatable bonds is 9. The van der Waals surface area contributed by atoms with E-state index in [0.717, 1.165) is 0 Å². The van der Waals surface area contributed by atoms with E-state index in [-0.39, 0.29) is 6.61 Å². The Morgan fingerprint density at radius 1 is 0.862 bits per heavy atom. The fourth-order valence-electron chi connectivity index (χ4n) is 2.17. The molecule has 2 aromatic rings. The minimum Gasteiger partial charge on any atom is -0.391 e. The van der Waals surface area contributed by atoms with Gasteiger partial charge in [-0.15, -0.1) is 11.8 Å². The molecule has 2 aromatic carbocycles. The molecule has 0 spiro atoms. The van der Waals surface area contributed by atoms with Crippen LogP contribution in [-0.2, 0) is 11.4 Å². The molecule has 0 aromatic heterocycles. The SMILES string of the molecule is FC(F)(F)C(F)(F)C(F)(F)C(/C=N\OCc1ccccc1)CSc1ccccc1. The molecule has 0 saturated carbocycles. The van der Waals surface area contributed by atoms with E-state index in [4.69, 9.17) is 4.84 Å². The predicted molar refractivity (Wildman–Crippen MR) is 96.3 cm³/mol. The third-order valence-electron chi connectivity index (χ3n) is 3.80. The predicted octanol–water partition coefficient (Wildman–Crippen LogP) is 6.43. The Morgan fingerprint density at radius 3 is 1.97 bits per heavy atom. The first-order valence-electron chi connectivity index (χ1n) is 8.25. The van der Waals surface area contributed by atoms with Gasteiger partial charge < -0.3 is 4.84 Å². The fourth-order valence-corrected chi connectivity index (χ4v) is 3.19. The monoisotopic (exact) mass is 439 g/mol. The Hall–Kier alpha value is -2.23. The van der Waals surface area contributed by atoms with Crippen molar-refractivity contribution in [3.63, 3.8) is 0 Å². The van der Waals surface area contributed by atoms with Crippen LogP contribution in [-0.4, -0.2) is 30.0 Å². The van der Waals surface area contributed by atoms with Crippen LogP contribution in [0.25, 0.3) is 0 Å². The highest BCUT2D eigenvalue weighted by atomic mass is 32.2. The summed E-state index contributed by atoms with van der Waals surface area (Å²) in [5.41, 5.74) is 0.618. The summed E-state index contributed by atoms with van der Waals surface area (Å²) in [5, 5.41) is 3.22. The molecule has 0 aliphatic heterocycles. The van der Waals surface area contributed by atoms with Crippen molar-refractivity contribution in [3.8, 4) is 0 Å². The lowest BCUT2D eigenvalue weighted by molar-refractivity contribution is -0.359. The number of alkyl halides is 7. The molecule has 0 radical (unpaired) electrons. The maximum absolute atomic E-state index is 14.2. The molecule has 0 saturated heterocycles. The first kappa shape index (κ1) is 23.1. The van der Waals surface area contributed by atoms with Crippen molar-refractivity contribution in [2.75, 3.05) is 5.75 Å². The summed E-state index contributed by atoms with van der Waals surface area (Å²) in [6, 6.07) is 16.2. The summed E-state index contributed by atoms with van der Waals surface area (Å²) in [7, 11) is 0. The lowest BCUT2D eigenvalue weighted by atomic mass is 9.98. The Bertz CT molecular complexity index is 782. The summed E-state index contributed by atoms with van der Waals surface area (Å²) in [4.78, 5) is 5.23. The van der Waals surface area contributed by atoms with E-state index in [1.807, 2.05) is 0 Å². The number of benzene rings is 2. The number of nitrogens with zero attached hydrogens (tertiary/aromatic N) is 1. The van der Waals surface area contributed by atoms with Crippen LogP contribution in [0.15, 0.2) is 70.7 Å². The lowest BCUT2D eigenvalue weighted by Gasteiger charge is -2.32. The van der Waals surface area contributed by atoms with E-state index in [2.05, 4.69) is 5.16 Å². The van der Waals surface area contributed by atoms with Gasteiger partial charge in [-0.25, -0.2) is 0 Å². The third-order valence-corrected chi connectivity index (χ3v) is 4.93. The van der Waals surface area contributed by atoms with E-state index >= 15 is 0 Å². The topological polar surface area (TPSA) is 21.6 Å². The first-order chi connectivity index (χ1) is 13.6. The number of oxime groups is 1. The van der Waals surface area contributed by atoms with Crippen molar-refractivity contribution < 1.29 is 35.6 Å². The Kier molecular flexibility index (Phi) is 7.56. The second-order valence-electron chi connectivity index (χ2n) is 5.94. The summed E-state index contributed by atoms with van der Waals surface area (Å²) in [6.07, 6.45) is -6.11. The highest BCUT2D eigenvalue weighted by Gasteiger charge is 2.74. The zero-order chi connectivity index (χ0) is 21.5. The standard InChI is InChI=1S/C19H16F7NOS/c20-17(21,18(22,23)19(24,25)26)15(13-29-16-9-5-2-6-10-16)11-27-28-12-14-7-3-1-4-8-14/h1-11,15H,12-13H2/b27-11-. The summed E-state index contributed by atoms with van der Waals surface area (Å²) in [5.74, 6) is -14.9. The molecule has 2 nitrogen and oxygen atoms in total. The largest absolute Gasteiger partial charge is 0.459 e. The zero-order valence-electron chi connectivity index (χ0n) is 14.8. The van der Waals surface area contributed by atoms with E-state index in [9.17, 15) is 30.7 Å². The zero-order valence-corrected chi connectivity index (χ0v) is 15.6. The van der Waals surface area contributed by atoms with Crippen LogP contribution < -0.4 is 0 Å². The molecule has 0 aliphatic carbocycles. The summed E-state index contributed by atoms with van der Waals surface area (Å²) < 4.78 is 93.0. The highest BCUT2D eigenvalue weighted by molar-refractivity contribution is 7.99. The number of hydrogen-bond donors (Lipinski definition) is 0. The van der Waals surface area contributed by atoms with Gasteiger partial charge in [0, 0.05) is 10.6 Å². The fraction of sp³-hybridized carbons (Fsp3) is 0.316. The summed E-state index contributed by atoms with van der Waals surface area (Å²) in [6.45, 7) is -0.156. The van der Waals surface area contributed by atoms with E-state index in [1.54, 1.807) is 48.5 Å². The lowest BCUT2D eigenvalue weighted by Crippen LogP contribution is -2.56. The Balaban J connectivity index is 2.16. The molecule has 29 heavy (non-hydrogen) atoms. The van der Waals surface area contributed by atoms with Crippen molar-refractivity contribution in [3.05, 3.63) is 66.2 Å². The van der Waals surface area contributed by atoms with E-state index < -0.39 is 29.7 Å². The van der Waals surface area contributed by atoms with Crippen LogP contribution in [0.5, 0.6) is 0 Å². The number of halogens is 7. The number of thioether (sulfide) groups is 1. The van der Waals surface area contributed by atoms with E-state index in [1.165, 1.54) is 12.1 Å². The van der Waals surface area contributed by atoms with Gasteiger partial charge in [-0.2, -0.15) is 30.7 Å². The molecule has 0 heterocycles. The molecule has 2 rings (SSSR count). The second kappa shape index (κ2) is 9.51. The minimum atomic E-state index is -6.41. The third kappa shape index (κ3) is 5.88. The van der Waals surface area contributed by atoms with Crippen molar-refractivity contribution in [1.82, 2.24) is 0 Å². The van der Waals surface area contributed by atoms with Gasteiger partial charge in [0.15, 0.2) is 0 Å². The van der Waals surface area contributed by atoms with Crippen LogP contribution >= 0.6 is 11.8 Å². The van der Waals surface area contributed by atoms with Crippen LogP contribution in [0, 0.1) is 5.92 Å². The minimum absolute atomic E-state index is 0.156. The highest BCUT2D eigenvalue weighted by Crippen LogP contribution is 2.50. The average molecular weight is 439 g/mol. The number of hydrogen-bond acceptors (Lipinski definition) is 3. The van der Waals surface area contributed by atoms with Gasteiger partial charge in [-0.3, -0.25) is 0 Å². The van der Waals surface area contributed by atoms with Gasteiger partial charge in [0.05, 0.1) is 12.1 Å². The van der Waals surface area contributed by atoms with Gasteiger partial charge in [0.25, 0.3) is 0 Å². The molecular formula is C19H16F7NOS. The van der Waals surface area contributed by atoms with Crippen molar-refractivity contribution >= 4 is 18.0 Å². The van der Waals surface area contributed by atoms with Crippen molar-refractivity contribution in [2.45, 2.75) is 29.5 Å².